The number of aryl methyl sites for hydroxylation is 6. The molecule has 11 aromatic carbocycles. The van der Waals surface area contributed by atoms with Gasteiger partial charge in [-0.2, -0.15) is 0 Å². The number of fused-ring (bicyclic) bond motifs is 9. The van der Waals surface area contributed by atoms with E-state index in [1.165, 1.54) is 327 Å². The summed E-state index contributed by atoms with van der Waals surface area (Å²) >= 11 is 0. The topological polar surface area (TPSA) is 138 Å². The normalized spacial score (nSPS) is 23.9. The van der Waals surface area contributed by atoms with Crippen molar-refractivity contribution in [3.63, 3.8) is 0 Å². The van der Waals surface area contributed by atoms with Crippen LogP contribution in [0, 0.1) is 77.0 Å². The molecule has 8 atom stereocenters. The van der Waals surface area contributed by atoms with E-state index in [4.69, 9.17) is 18.9 Å². The molecule has 5 N–H and O–H groups in total. The fourth-order valence-electron chi connectivity index (χ4n) is 25.3. The van der Waals surface area contributed by atoms with Crippen LogP contribution in [0.25, 0.3) is 43.1 Å². The number of rotatable bonds is 18. The third kappa shape index (κ3) is 26.7. The fraction of sp³-hybridized carbons (Fsp3) is 0.540. The van der Waals surface area contributed by atoms with E-state index >= 15 is 0 Å². The Labute approximate surface area is 873 Å². The van der Waals surface area contributed by atoms with Crippen LogP contribution in [-0.2, 0) is 76.3 Å². The molecule has 23 rings (SSSR count). The molecule has 6 aliphatic carbocycles. The third-order valence-electron chi connectivity index (χ3n) is 33.3. The Kier molecular flexibility index (Phi) is 38.5. The number of hydrogen-bond donors (Lipinski definition) is 5. The first-order chi connectivity index (χ1) is 69.0. The van der Waals surface area contributed by atoms with Crippen molar-refractivity contribution >= 4 is 119 Å². The molecule has 12 aliphatic rings. The molecule has 2 bridgehead atoms. The Morgan fingerprint density at radius 2 is 0.768 bits per heavy atom. The second kappa shape index (κ2) is 51.4. The first kappa shape index (κ1) is 106. The van der Waals surface area contributed by atoms with Crippen molar-refractivity contribution in [1.29, 1.82) is 0 Å². The number of phenols is 5. The van der Waals surface area contributed by atoms with Gasteiger partial charge < -0.3 is 44.5 Å². The van der Waals surface area contributed by atoms with Gasteiger partial charge in [0, 0.05) is 126 Å². The molecule has 0 radical (unpaired) electrons. The second-order valence-electron chi connectivity index (χ2n) is 43.8. The summed E-state index contributed by atoms with van der Waals surface area (Å²) in [7, 11) is 2.66. The molecule has 6 aliphatic heterocycles. The highest BCUT2D eigenvalue weighted by molar-refractivity contribution is 7.99. The summed E-state index contributed by atoms with van der Waals surface area (Å²) in [6.07, 6.45) is 52.6. The first-order valence-corrected chi connectivity index (χ1v) is 66.4. The van der Waals surface area contributed by atoms with Gasteiger partial charge >= 0.3 is 0 Å². The average Bonchev–Trinajstić information content (AvgIpc) is 1.58. The SMILES string of the molecule is C[S+](C)c1ccc(O)c2ccc(O)cc12.Cc1cc([S+]2C(C)CCC2C)cc(C)c1O.Cc1cc([S+]2CCCC2)cc(C)c1O.Cc1cc([S+]2CCCC2C)cc(C)c1O.c1cc(OC2CCCCCC2)c2c([S+]3CCCC3)ccc(OC3CCCCCC3)c2c1.c1ccc2c([S+]3CC4C5CCC(C5)C4C3)ccc(OCC3CCCCC3)c2c1.c1ccc2c([S+]3CCCC3)ccc(OCCC3CCCC3)c2c1. The zero-order chi connectivity index (χ0) is 98.9. The Morgan fingerprint density at radius 3 is 1.30 bits per heavy atom. The minimum Gasteiger partial charge on any atom is -0.508 e. The molecule has 8 unspecified atom stereocenters. The van der Waals surface area contributed by atoms with Gasteiger partial charge in [-0.15, -0.1) is 0 Å². The summed E-state index contributed by atoms with van der Waals surface area (Å²) in [5.74, 6) is 24.6. The molecule has 0 aromatic heterocycles. The largest absolute Gasteiger partial charge is 0.508 e. The highest BCUT2D eigenvalue weighted by Gasteiger charge is 2.57. The van der Waals surface area contributed by atoms with Gasteiger partial charge in [-0.05, 0) is 395 Å². The van der Waals surface area contributed by atoms with Crippen LogP contribution in [0.2, 0.25) is 0 Å². The summed E-state index contributed by atoms with van der Waals surface area (Å²) in [4.78, 5) is 10.3. The lowest BCUT2D eigenvalue weighted by atomic mass is 9.82. The van der Waals surface area contributed by atoms with Crippen molar-refractivity contribution < 1.29 is 44.5 Å². The second-order valence-corrected chi connectivity index (χ2v) is 60.1. The van der Waals surface area contributed by atoms with Crippen molar-refractivity contribution in [3.8, 4) is 51.7 Å². The van der Waals surface area contributed by atoms with Crippen molar-refractivity contribution in [1.82, 2.24) is 0 Å². The lowest BCUT2D eigenvalue weighted by molar-refractivity contribution is 0.183. The van der Waals surface area contributed by atoms with Gasteiger partial charge in [0.05, 0.1) is 30.8 Å². The molecule has 12 fully saturated rings. The maximum atomic E-state index is 9.81. The van der Waals surface area contributed by atoms with E-state index in [2.05, 4.69) is 173 Å². The first-order valence-electron chi connectivity index (χ1n) is 55.3. The van der Waals surface area contributed by atoms with Crippen LogP contribution in [0.4, 0.5) is 0 Å². The van der Waals surface area contributed by atoms with Crippen LogP contribution in [0.15, 0.2) is 204 Å². The van der Waals surface area contributed by atoms with E-state index in [1.54, 1.807) is 40.5 Å². The van der Waals surface area contributed by atoms with Gasteiger partial charge in [-0.25, -0.2) is 0 Å². The molecular formula is C126H169O9S7+7. The van der Waals surface area contributed by atoms with E-state index in [1.807, 2.05) is 47.6 Å². The van der Waals surface area contributed by atoms with Crippen LogP contribution in [0.5, 0.6) is 51.7 Å². The monoisotopic (exact) mass is 2050 g/mol. The molecule has 9 nitrogen and oxygen atoms in total. The minimum atomic E-state index is 0.108. The molecular weight excluding hydrogens is 1880 g/mol. The lowest BCUT2D eigenvalue weighted by Gasteiger charge is -2.22. The van der Waals surface area contributed by atoms with E-state index in [-0.39, 0.29) is 22.4 Å². The number of phenolic OH excluding ortho intramolecular Hbond substituents is 5. The highest BCUT2D eigenvalue weighted by Crippen LogP contribution is 2.58. The molecule has 6 saturated heterocycles. The zero-order valence-electron chi connectivity index (χ0n) is 87.8. The summed E-state index contributed by atoms with van der Waals surface area (Å²) in [5, 5.41) is 60.7. The predicted octanol–water partition coefficient (Wildman–Crippen LogP) is 31.8. The van der Waals surface area contributed by atoms with Crippen molar-refractivity contribution in [2.24, 2.45) is 35.5 Å². The minimum absolute atomic E-state index is 0.108. The van der Waals surface area contributed by atoms with Gasteiger partial charge in [0.15, 0.2) is 34.3 Å². The van der Waals surface area contributed by atoms with Crippen molar-refractivity contribution in [2.45, 2.75) is 349 Å². The van der Waals surface area contributed by atoms with E-state index in [0.717, 1.165) is 132 Å². The van der Waals surface area contributed by atoms with Crippen LogP contribution < -0.4 is 18.9 Å². The molecule has 11 aromatic rings. The Morgan fingerprint density at radius 1 is 0.324 bits per heavy atom. The van der Waals surface area contributed by atoms with Gasteiger partial charge in [0.2, 0.25) is 0 Å². The van der Waals surface area contributed by atoms with E-state index < -0.39 is 0 Å². The highest BCUT2D eigenvalue weighted by atomic mass is 32.2. The molecule has 6 saturated carbocycles. The van der Waals surface area contributed by atoms with E-state index in [0.29, 0.717) is 94.8 Å². The fourth-order valence-corrected chi connectivity index (χ4v) is 42.8. The zero-order valence-corrected chi connectivity index (χ0v) is 93.5. The van der Waals surface area contributed by atoms with Crippen LogP contribution in [0.1, 0.15) is 279 Å². The quantitative estimate of drug-likeness (QED) is 0.0420. The summed E-state index contributed by atoms with van der Waals surface area (Å²) in [6.45, 7) is 20.8. The van der Waals surface area contributed by atoms with Gasteiger partial charge in [-0.1, -0.05) is 119 Å². The standard InChI is InChI=1S/C28H39O2S.C26H33OS.C21H27OS.C14H20OS.C13H18OS.C12H12O2S.C12H16OS/c1-2-6-13-22(12-5-1)29-25-18-19-27(31-20-9-10-21-31)28-24(25)16-11-17-26(28)30-23-14-7-3-4-8-15-23;1-2-6-18(7-3-1)15-27-25-12-13-26(22-9-5-4-8-21(22)25)28-16-23-19-10-11-20(14-19)24(23)17-28;1-2-8-17(7-1)13-14-22-20-11-12-21(23-15-5-6-16-23)19-10-4-3-9-18(19)20;1-9-7-13(8-10(2)14(9)15)16-11(3)5-6-12(16)4;1-9-7-12(8-10(2)13(9)14)15-6-4-5-11(15)3;1-15(2)12-6-5-11(14)9-4-3-8(13)7-10(9)12;1-9-7-11(8-10(2)12(9)13)14-5-3-4-6-14/h11,16-19,22-23H,1-10,12-15,20-21H2;4-5,8-9,12-13,18-20,23-24H,1-3,6-7,10-11,14-17H2;3-4,9-12,17H,1-2,5-8,13-16H2;7-8,11-12H,5-6H2,1-4H3;7-8,11H,4-6H2,1-3H3;3-7H,1-2H3,(H-,13,14);7-8H,3-6H2,1-2H3/q3*+1;;;;/p+4. The summed E-state index contributed by atoms with van der Waals surface area (Å²) in [6, 6.07) is 60.3. The van der Waals surface area contributed by atoms with Crippen LogP contribution >= 0.6 is 0 Å². The average molecular weight is 2050 g/mol. The number of benzene rings is 11. The maximum absolute atomic E-state index is 9.81. The maximum Gasteiger partial charge on any atom is 0.166 e. The number of hydrogen-bond acceptors (Lipinski definition) is 9. The molecule has 16 heteroatoms. The third-order valence-corrected chi connectivity index (χ3v) is 50.4. The molecule has 142 heavy (non-hydrogen) atoms. The van der Waals surface area contributed by atoms with Crippen LogP contribution in [0.3, 0.4) is 0 Å². The lowest BCUT2D eigenvalue weighted by Crippen LogP contribution is -2.19. The Bertz CT molecular complexity index is 5850. The molecule has 762 valence electrons. The van der Waals surface area contributed by atoms with Crippen molar-refractivity contribution in [3.05, 3.63) is 203 Å². The Hall–Kier alpha value is -6.89. The van der Waals surface area contributed by atoms with Gasteiger partial charge in [-0.3, -0.25) is 0 Å². The molecule has 0 spiro atoms. The summed E-state index contributed by atoms with van der Waals surface area (Å²) in [5.41, 5.74) is 6.15. The predicted molar refractivity (Wildman–Crippen MR) is 618 cm³/mol. The number of aromatic hydroxyl groups is 5. The van der Waals surface area contributed by atoms with Gasteiger partial charge in [0.25, 0.3) is 0 Å². The molecule has 6 heterocycles. The van der Waals surface area contributed by atoms with E-state index in [9.17, 15) is 25.5 Å². The number of ether oxygens (including phenoxy) is 4. The smallest absolute Gasteiger partial charge is 0.166 e. The van der Waals surface area contributed by atoms with Crippen LogP contribution in [-0.4, -0.2) is 131 Å². The Balaban J connectivity index is 0.000000117. The van der Waals surface area contributed by atoms with Gasteiger partial charge in [0.1, 0.15) is 132 Å². The summed E-state index contributed by atoms with van der Waals surface area (Å²) < 4.78 is 26.0. The van der Waals surface area contributed by atoms with Crippen molar-refractivity contribution in [2.75, 3.05) is 77.5 Å². The molecule has 0 amide bonds.